The molecule has 0 bridgehead atoms. The standard InChI is InChI=1S/C9H8NS2.BrH/c1-2-4-9(5-3-1)12-10-6-7-11-8-10;/h1-8H;1H/q+1;/p-1. The van der Waals surface area contributed by atoms with E-state index in [1.165, 1.54) is 4.90 Å². The first-order valence-corrected chi connectivity index (χ1v) is 5.33. The van der Waals surface area contributed by atoms with Crippen LogP contribution in [0.15, 0.2) is 52.3 Å². The molecule has 0 amide bonds. The molecule has 2 rings (SSSR count). The van der Waals surface area contributed by atoms with Crippen LogP contribution in [0.3, 0.4) is 0 Å². The smallest absolute Gasteiger partial charge is 0.238 e. The zero-order valence-corrected chi connectivity index (χ0v) is 9.98. The molecule has 0 fully saturated rings. The van der Waals surface area contributed by atoms with E-state index in [2.05, 4.69) is 45.3 Å². The monoisotopic (exact) mass is 273 g/mol. The molecule has 4 heteroatoms. The zero-order chi connectivity index (χ0) is 8.23. The minimum atomic E-state index is 0. The Balaban J connectivity index is 0.000000845. The summed E-state index contributed by atoms with van der Waals surface area (Å²) in [6, 6.07) is 10.3. The Morgan fingerprint density at radius 2 is 1.92 bits per heavy atom. The third kappa shape index (κ3) is 3.14. The number of thiazole rings is 1. The summed E-state index contributed by atoms with van der Waals surface area (Å²) in [5, 5.41) is 2.07. The molecule has 68 valence electrons. The summed E-state index contributed by atoms with van der Waals surface area (Å²) in [7, 11) is 0. The molecule has 0 unspecified atom stereocenters. The van der Waals surface area contributed by atoms with Crippen molar-refractivity contribution in [2.75, 3.05) is 0 Å². The van der Waals surface area contributed by atoms with Gasteiger partial charge in [0.2, 0.25) is 17.5 Å². The molecule has 1 aromatic heterocycles. The Hall–Kier alpha value is -0.320. The van der Waals surface area contributed by atoms with Crippen LogP contribution < -0.4 is 21.0 Å². The van der Waals surface area contributed by atoms with Crippen molar-refractivity contribution < 1.29 is 21.0 Å². The van der Waals surface area contributed by atoms with Crippen LogP contribution in [-0.4, -0.2) is 0 Å². The fourth-order valence-corrected chi connectivity index (χ4v) is 2.38. The summed E-state index contributed by atoms with van der Waals surface area (Å²) in [5.41, 5.74) is 2.08. The highest BCUT2D eigenvalue weighted by molar-refractivity contribution is 7.93. The van der Waals surface area contributed by atoms with Gasteiger partial charge in [-0.25, -0.2) is 0 Å². The second-order valence-corrected chi connectivity index (χ2v) is 4.12. The fourth-order valence-electron chi connectivity index (χ4n) is 0.880. The van der Waals surface area contributed by atoms with Crippen LogP contribution in [-0.2, 0) is 0 Å². The maximum atomic E-state index is 2.11. The van der Waals surface area contributed by atoms with Gasteiger partial charge in [-0.1, -0.05) is 29.5 Å². The minimum Gasteiger partial charge on any atom is -1.00 e. The predicted molar refractivity (Wildman–Crippen MR) is 52.2 cm³/mol. The summed E-state index contributed by atoms with van der Waals surface area (Å²) < 4.78 is 2.10. The highest BCUT2D eigenvalue weighted by Gasteiger charge is 2.03. The van der Waals surface area contributed by atoms with E-state index in [-0.39, 0.29) is 17.0 Å². The number of nitrogens with zero attached hydrogens (tertiary/aromatic N) is 1. The molecule has 1 aromatic carbocycles. The molecular weight excluding hydrogens is 266 g/mol. The van der Waals surface area contributed by atoms with Crippen LogP contribution in [0.1, 0.15) is 0 Å². The molecule has 0 aliphatic heterocycles. The SMILES string of the molecule is [Br-].c1ccc(S[n+]2ccsc2)cc1. The van der Waals surface area contributed by atoms with E-state index < -0.39 is 0 Å². The maximum absolute atomic E-state index is 2.11. The summed E-state index contributed by atoms with van der Waals surface area (Å²) in [6.07, 6.45) is 2.06. The largest absolute Gasteiger partial charge is 1.00 e. The van der Waals surface area contributed by atoms with Crippen LogP contribution >= 0.6 is 23.3 Å². The van der Waals surface area contributed by atoms with Gasteiger partial charge in [-0.15, -0.1) is 3.97 Å². The number of halogens is 1. The topological polar surface area (TPSA) is 3.88 Å². The molecule has 0 saturated heterocycles. The molecular formula is C9H8BrNS2. The molecule has 1 nitrogen and oxygen atoms in total. The van der Waals surface area contributed by atoms with Crippen molar-refractivity contribution >= 4 is 23.3 Å². The van der Waals surface area contributed by atoms with Gasteiger partial charge in [-0.05, 0) is 12.1 Å². The van der Waals surface area contributed by atoms with Crippen LogP contribution in [0.5, 0.6) is 0 Å². The van der Waals surface area contributed by atoms with E-state index in [1.807, 2.05) is 6.07 Å². The molecule has 0 spiro atoms. The molecule has 0 aliphatic rings. The van der Waals surface area contributed by atoms with Crippen LogP contribution in [0, 0.1) is 0 Å². The van der Waals surface area contributed by atoms with Gasteiger partial charge in [0, 0.05) is 0 Å². The first kappa shape index (κ1) is 10.8. The van der Waals surface area contributed by atoms with Crippen molar-refractivity contribution in [3.63, 3.8) is 0 Å². The van der Waals surface area contributed by atoms with Crippen molar-refractivity contribution in [3.05, 3.63) is 47.4 Å². The number of benzene rings is 1. The van der Waals surface area contributed by atoms with Crippen molar-refractivity contribution in [1.29, 1.82) is 0 Å². The third-order valence-corrected chi connectivity index (χ3v) is 3.09. The van der Waals surface area contributed by atoms with Gasteiger partial charge in [0.15, 0.2) is 6.20 Å². The average Bonchev–Trinajstić information content (AvgIpc) is 2.59. The van der Waals surface area contributed by atoms with Gasteiger partial charge in [0.1, 0.15) is 0 Å². The lowest BCUT2D eigenvalue weighted by Gasteiger charge is -1.88. The van der Waals surface area contributed by atoms with E-state index in [0.717, 1.165) is 0 Å². The molecule has 1 heterocycles. The van der Waals surface area contributed by atoms with Gasteiger partial charge in [-0.3, -0.25) is 0 Å². The summed E-state index contributed by atoms with van der Waals surface area (Å²) in [4.78, 5) is 1.26. The van der Waals surface area contributed by atoms with E-state index in [0.29, 0.717) is 0 Å². The maximum Gasteiger partial charge on any atom is 0.238 e. The zero-order valence-electron chi connectivity index (χ0n) is 6.76. The first-order chi connectivity index (χ1) is 5.95. The van der Waals surface area contributed by atoms with Crippen molar-refractivity contribution in [2.24, 2.45) is 0 Å². The van der Waals surface area contributed by atoms with Gasteiger partial charge >= 0.3 is 0 Å². The molecule has 0 radical (unpaired) electrons. The number of rotatable bonds is 2. The number of hydrogen-bond acceptors (Lipinski definition) is 2. The van der Waals surface area contributed by atoms with E-state index in [9.17, 15) is 0 Å². The van der Waals surface area contributed by atoms with Crippen LogP contribution in [0.25, 0.3) is 0 Å². The van der Waals surface area contributed by atoms with E-state index in [4.69, 9.17) is 0 Å². The Labute approximate surface area is 96.3 Å². The second-order valence-electron chi connectivity index (χ2n) is 2.29. The Morgan fingerprint density at radius 3 is 2.54 bits per heavy atom. The second kappa shape index (κ2) is 5.42. The highest BCUT2D eigenvalue weighted by atomic mass is 79.9. The molecule has 13 heavy (non-hydrogen) atoms. The molecule has 0 saturated carbocycles. The average molecular weight is 274 g/mol. The summed E-state index contributed by atoms with van der Waals surface area (Å²) in [5.74, 6) is 0. The quantitative estimate of drug-likeness (QED) is 0.674. The number of hydrogen-bond donors (Lipinski definition) is 0. The van der Waals surface area contributed by atoms with E-state index >= 15 is 0 Å². The Bertz CT molecular complexity index is 334. The van der Waals surface area contributed by atoms with Gasteiger partial charge in [0.25, 0.3) is 0 Å². The Morgan fingerprint density at radius 1 is 1.15 bits per heavy atom. The lowest BCUT2D eigenvalue weighted by atomic mass is 10.4. The van der Waals surface area contributed by atoms with Crippen LogP contribution in [0.2, 0.25) is 0 Å². The first-order valence-electron chi connectivity index (χ1n) is 3.62. The molecule has 2 aromatic rings. The molecule has 0 N–H and O–H groups in total. The van der Waals surface area contributed by atoms with Gasteiger partial charge in [0.05, 0.1) is 10.3 Å². The van der Waals surface area contributed by atoms with Crippen molar-refractivity contribution in [3.8, 4) is 0 Å². The van der Waals surface area contributed by atoms with E-state index in [1.54, 1.807) is 23.3 Å². The van der Waals surface area contributed by atoms with Crippen molar-refractivity contribution in [2.45, 2.75) is 4.90 Å². The van der Waals surface area contributed by atoms with Gasteiger partial charge < -0.3 is 17.0 Å². The normalized spacial score (nSPS) is 9.23. The Kier molecular flexibility index (Phi) is 4.48. The predicted octanol–water partition coefficient (Wildman–Crippen LogP) is -0.405. The van der Waals surface area contributed by atoms with Crippen LogP contribution in [0.4, 0.5) is 0 Å². The summed E-state index contributed by atoms with van der Waals surface area (Å²) in [6.45, 7) is 0. The molecule has 0 atom stereocenters. The fraction of sp³-hybridized carbons (Fsp3) is 0. The highest BCUT2D eigenvalue weighted by Crippen LogP contribution is 2.12. The summed E-state index contributed by atoms with van der Waals surface area (Å²) >= 11 is 3.42. The molecule has 0 aliphatic carbocycles. The van der Waals surface area contributed by atoms with Crippen molar-refractivity contribution in [1.82, 2.24) is 0 Å². The third-order valence-electron chi connectivity index (χ3n) is 1.41. The number of aromatic nitrogens is 1. The lowest BCUT2D eigenvalue weighted by Crippen LogP contribution is -3.00. The lowest BCUT2D eigenvalue weighted by molar-refractivity contribution is -0.488. The van der Waals surface area contributed by atoms with Gasteiger partial charge in [-0.2, -0.15) is 0 Å². The minimum absolute atomic E-state index is 0.